The van der Waals surface area contributed by atoms with Gasteiger partial charge in [-0.15, -0.1) is 0 Å². The van der Waals surface area contributed by atoms with Crippen molar-refractivity contribution in [3.05, 3.63) is 90.0 Å². The molecule has 42 heavy (non-hydrogen) atoms. The van der Waals surface area contributed by atoms with E-state index in [0.717, 1.165) is 29.6 Å². The Labute approximate surface area is 249 Å². The summed E-state index contributed by atoms with van der Waals surface area (Å²) in [4.78, 5) is 14.8. The molecule has 11 heteroatoms. The zero-order chi connectivity index (χ0) is 29.9. The van der Waals surface area contributed by atoms with Crippen molar-refractivity contribution in [2.45, 2.75) is 43.9 Å². The Morgan fingerprint density at radius 1 is 0.929 bits per heavy atom. The monoisotopic (exact) mass is 596 g/mol. The molecule has 2 aromatic heterocycles. The Morgan fingerprint density at radius 2 is 1.69 bits per heavy atom. The lowest BCUT2D eigenvalue weighted by atomic mass is 9.95. The van der Waals surface area contributed by atoms with E-state index in [2.05, 4.69) is 44.0 Å². The number of hydrogen-bond acceptors (Lipinski definition) is 8. The second-order valence-corrected chi connectivity index (χ2v) is 10.7. The summed E-state index contributed by atoms with van der Waals surface area (Å²) in [6.45, 7) is 0. The maximum atomic E-state index is 14.8. The Kier molecular flexibility index (Phi) is 11.4. The van der Waals surface area contributed by atoms with Crippen LogP contribution in [0.3, 0.4) is 0 Å². The number of rotatable bonds is 9. The first-order valence-corrected chi connectivity index (χ1v) is 14.8. The van der Waals surface area contributed by atoms with Crippen molar-refractivity contribution in [1.82, 2.24) is 19.9 Å². The largest absolute Gasteiger partial charge is 0.435 e. The van der Waals surface area contributed by atoms with Crippen molar-refractivity contribution in [2.24, 2.45) is 0 Å². The number of pyridine rings is 1. The average molecular weight is 597 g/mol. The number of benzene rings is 2. The van der Waals surface area contributed by atoms with E-state index >= 15 is 0 Å². The summed E-state index contributed by atoms with van der Waals surface area (Å²) in [5.41, 5.74) is 1.20. The van der Waals surface area contributed by atoms with Gasteiger partial charge in [-0.3, -0.25) is 0 Å². The predicted octanol–water partition coefficient (Wildman–Crippen LogP) is 7.93. The molecule has 1 fully saturated rings. The molecule has 0 spiro atoms. The van der Waals surface area contributed by atoms with Gasteiger partial charge in [0.25, 0.3) is 0 Å². The molecule has 1 aliphatic rings. The van der Waals surface area contributed by atoms with Crippen LogP contribution in [-0.4, -0.2) is 47.0 Å². The van der Waals surface area contributed by atoms with Crippen LogP contribution in [0.4, 0.5) is 24.8 Å². The summed E-state index contributed by atoms with van der Waals surface area (Å²) < 4.78 is 52.1. The first-order chi connectivity index (χ1) is 20.4. The van der Waals surface area contributed by atoms with Crippen LogP contribution >= 0.6 is 11.9 Å². The van der Waals surface area contributed by atoms with Crippen LogP contribution in [0.5, 0.6) is 11.6 Å². The van der Waals surface area contributed by atoms with Crippen molar-refractivity contribution < 1.29 is 17.9 Å². The second-order valence-electron chi connectivity index (χ2n) is 9.96. The first kappa shape index (κ1) is 31.1. The lowest BCUT2D eigenvalue weighted by Crippen LogP contribution is -2.29. The number of nitrogens with one attached hydrogen (secondary N) is 2. The highest BCUT2D eigenvalue weighted by molar-refractivity contribution is 7.99. The molecule has 0 bridgehead atoms. The van der Waals surface area contributed by atoms with E-state index in [1.807, 2.05) is 30.3 Å². The summed E-state index contributed by atoms with van der Waals surface area (Å²) in [6, 6.07) is 15.9. The van der Waals surface area contributed by atoms with Crippen LogP contribution in [0.25, 0.3) is 11.3 Å². The maximum absolute atomic E-state index is 14.8. The third-order valence-corrected chi connectivity index (χ3v) is 7.65. The Balaban J connectivity index is 0.000000385. The third-order valence-electron chi connectivity index (χ3n) is 6.82. The summed E-state index contributed by atoms with van der Waals surface area (Å²) in [5.74, 6) is -3.63. The lowest BCUT2D eigenvalue weighted by molar-refractivity contribution is 0.229. The van der Waals surface area contributed by atoms with Gasteiger partial charge >= 0.3 is 0 Å². The molecule has 0 unspecified atom stereocenters. The summed E-state index contributed by atoms with van der Waals surface area (Å²) in [6.07, 6.45) is 10.1. The Morgan fingerprint density at radius 3 is 2.38 bits per heavy atom. The van der Waals surface area contributed by atoms with E-state index in [9.17, 15) is 13.2 Å². The quantitative estimate of drug-likeness (QED) is 0.149. The molecule has 2 aromatic carbocycles. The van der Waals surface area contributed by atoms with E-state index in [-0.39, 0.29) is 5.88 Å². The molecular weight excluding hydrogens is 561 g/mol. The van der Waals surface area contributed by atoms with Crippen molar-refractivity contribution >= 4 is 23.6 Å². The van der Waals surface area contributed by atoms with E-state index in [1.54, 1.807) is 25.2 Å². The zero-order valence-electron chi connectivity index (χ0n) is 23.9. The van der Waals surface area contributed by atoms with Gasteiger partial charge in [-0.2, -0.15) is 4.39 Å². The molecule has 2 N–H and O–H groups in total. The fourth-order valence-corrected chi connectivity index (χ4v) is 5.27. The van der Waals surface area contributed by atoms with Gasteiger partial charge in [0, 0.05) is 37.3 Å². The predicted molar refractivity (Wildman–Crippen MR) is 163 cm³/mol. The van der Waals surface area contributed by atoms with Crippen molar-refractivity contribution in [3.63, 3.8) is 0 Å². The van der Waals surface area contributed by atoms with Crippen molar-refractivity contribution in [1.29, 1.82) is 0 Å². The molecule has 0 saturated heterocycles. The van der Waals surface area contributed by atoms with E-state index in [1.165, 1.54) is 44.5 Å². The molecule has 222 valence electrons. The normalized spacial score (nSPS) is 13.3. The second kappa shape index (κ2) is 15.4. The van der Waals surface area contributed by atoms with Crippen LogP contribution in [0.15, 0.2) is 67.0 Å². The molecule has 0 aliphatic heterocycles. The van der Waals surface area contributed by atoms with E-state index < -0.39 is 28.9 Å². The van der Waals surface area contributed by atoms with Crippen LogP contribution in [-0.2, 0) is 5.75 Å². The molecule has 7 nitrogen and oxygen atoms in total. The number of hydrogen-bond donors (Lipinski definition) is 2. The lowest BCUT2D eigenvalue weighted by Gasteiger charge is -2.27. The van der Waals surface area contributed by atoms with Crippen molar-refractivity contribution in [2.75, 3.05) is 31.2 Å². The number of aromatic nitrogens is 3. The van der Waals surface area contributed by atoms with Gasteiger partial charge in [0.15, 0.2) is 17.4 Å². The van der Waals surface area contributed by atoms with Gasteiger partial charge in [-0.1, -0.05) is 49.6 Å². The summed E-state index contributed by atoms with van der Waals surface area (Å²) >= 11 is 1.04. The SMILES string of the molecule is CN(C)C1CCCCC1.CNc1nccc(-c2cccnc2Oc2cc(F)c(NSCc3ccccc3)c(F)c2F)n1. The molecular formula is C31H35F3N6OS. The topological polar surface area (TPSA) is 75.2 Å². The first-order valence-electron chi connectivity index (χ1n) is 13.8. The van der Waals surface area contributed by atoms with E-state index in [4.69, 9.17) is 4.74 Å². The summed E-state index contributed by atoms with van der Waals surface area (Å²) in [7, 11) is 6.04. The highest BCUT2D eigenvalue weighted by Crippen LogP contribution is 2.36. The van der Waals surface area contributed by atoms with Gasteiger partial charge in [-0.25, -0.2) is 23.7 Å². The number of nitrogens with zero attached hydrogens (tertiary/aromatic N) is 4. The Hall–Kier alpha value is -3.83. The minimum atomic E-state index is -1.39. The Bertz CT molecular complexity index is 1440. The molecule has 4 aromatic rings. The number of halogens is 3. The number of anilines is 2. The number of ether oxygens (including phenoxy) is 1. The fraction of sp³-hybridized carbons (Fsp3) is 0.323. The maximum Gasteiger partial charge on any atom is 0.228 e. The molecule has 2 heterocycles. The van der Waals surface area contributed by atoms with Crippen LogP contribution in [0.1, 0.15) is 37.7 Å². The minimum absolute atomic E-state index is 0.0601. The average Bonchev–Trinajstić information content (AvgIpc) is 3.03. The fourth-order valence-electron chi connectivity index (χ4n) is 4.50. The molecule has 5 rings (SSSR count). The molecule has 0 amide bonds. The smallest absolute Gasteiger partial charge is 0.228 e. The van der Waals surface area contributed by atoms with Gasteiger partial charge in [0.1, 0.15) is 5.69 Å². The van der Waals surface area contributed by atoms with Gasteiger partial charge in [0.05, 0.1) is 11.3 Å². The minimum Gasteiger partial charge on any atom is -0.435 e. The third kappa shape index (κ3) is 8.36. The molecule has 1 aliphatic carbocycles. The molecule has 1 saturated carbocycles. The summed E-state index contributed by atoms with van der Waals surface area (Å²) in [5, 5.41) is 2.81. The van der Waals surface area contributed by atoms with Gasteiger partial charge < -0.3 is 19.7 Å². The highest BCUT2D eigenvalue weighted by Gasteiger charge is 2.22. The standard InChI is InChI=1S/C23H18F3N5OS.C8H17N/c1-27-23-29-11-9-17(30-23)15-8-5-10-28-22(15)32-18-12-16(24)21(20(26)19(18)25)31-33-13-14-6-3-2-4-7-14;1-9(2)8-6-4-3-5-7-8/h2-12,31H,13H2,1H3,(H,27,29,30);8H,3-7H2,1-2H3. The van der Waals surface area contributed by atoms with E-state index in [0.29, 0.717) is 23.0 Å². The highest BCUT2D eigenvalue weighted by atomic mass is 32.2. The molecule has 0 radical (unpaired) electrons. The molecule has 0 atom stereocenters. The van der Waals surface area contributed by atoms with Crippen LogP contribution < -0.4 is 14.8 Å². The van der Waals surface area contributed by atoms with Crippen LogP contribution in [0, 0.1) is 17.5 Å². The van der Waals surface area contributed by atoms with Gasteiger partial charge in [0.2, 0.25) is 17.6 Å². The van der Waals surface area contributed by atoms with Crippen molar-refractivity contribution in [3.8, 4) is 22.9 Å². The van der Waals surface area contributed by atoms with Crippen LogP contribution in [0.2, 0.25) is 0 Å². The zero-order valence-corrected chi connectivity index (χ0v) is 24.7. The van der Waals surface area contributed by atoms with Gasteiger partial charge in [-0.05, 0) is 62.6 Å².